The van der Waals surface area contributed by atoms with Gasteiger partial charge >= 0.3 is 0 Å². The van der Waals surface area contributed by atoms with Crippen molar-refractivity contribution in [2.24, 2.45) is 10.4 Å². The standard InChI is InChI=1S/C20H24ClN/c1-3-20(4-2,16-21)19(18-13-9-6-10-14-18)22-15-17-11-7-5-8-12-17/h5-14H,3-4,15-16H2,1-2H3. The first-order chi connectivity index (χ1) is 10.8. The molecule has 0 aromatic heterocycles. The Morgan fingerprint density at radius 1 is 0.909 bits per heavy atom. The quantitative estimate of drug-likeness (QED) is 0.458. The average Bonchev–Trinajstić information content (AvgIpc) is 2.61. The van der Waals surface area contributed by atoms with Gasteiger partial charge in [0.15, 0.2) is 0 Å². The van der Waals surface area contributed by atoms with Crippen molar-refractivity contribution in [1.29, 1.82) is 0 Å². The van der Waals surface area contributed by atoms with E-state index in [4.69, 9.17) is 16.6 Å². The van der Waals surface area contributed by atoms with Crippen LogP contribution in [0.3, 0.4) is 0 Å². The lowest BCUT2D eigenvalue weighted by molar-refractivity contribution is 0.439. The SMILES string of the molecule is CCC(CC)(CCl)C(=NCc1ccccc1)c1ccccc1. The van der Waals surface area contributed by atoms with Crippen molar-refractivity contribution in [3.63, 3.8) is 0 Å². The van der Waals surface area contributed by atoms with Gasteiger partial charge in [-0.25, -0.2) is 0 Å². The molecule has 0 saturated heterocycles. The van der Waals surface area contributed by atoms with Gasteiger partial charge in [0.25, 0.3) is 0 Å². The molecular formula is C20H24ClN. The van der Waals surface area contributed by atoms with E-state index in [2.05, 4.69) is 62.4 Å². The van der Waals surface area contributed by atoms with E-state index in [0.717, 1.165) is 18.6 Å². The minimum atomic E-state index is -0.0578. The third kappa shape index (κ3) is 3.78. The van der Waals surface area contributed by atoms with Crippen LogP contribution in [0.2, 0.25) is 0 Å². The maximum atomic E-state index is 6.37. The van der Waals surface area contributed by atoms with Crippen LogP contribution < -0.4 is 0 Å². The van der Waals surface area contributed by atoms with Gasteiger partial charge < -0.3 is 0 Å². The zero-order chi connectivity index (χ0) is 15.8. The zero-order valence-corrected chi connectivity index (χ0v) is 14.2. The molecule has 2 aromatic rings. The summed E-state index contributed by atoms with van der Waals surface area (Å²) in [5.41, 5.74) is 3.49. The van der Waals surface area contributed by atoms with Crippen LogP contribution in [0.15, 0.2) is 65.7 Å². The van der Waals surface area contributed by atoms with E-state index in [9.17, 15) is 0 Å². The molecule has 2 aromatic carbocycles. The Morgan fingerprint density at radius 2 is 1.45 bits per heavy atom. The van der Waals surface area contributed by atoms with Gasteiger partial charge in [-0.05, 0) is 24.0 Å². The minimum Gasteiger partial charge on any atom is -0.284 e. The lowest BCUT2D eigenvalue weighted by Gasteiger charge is -2.31. The first kappa shape index (κ1) is 16.8. The summed E-state index contributed by atoms with van der Waals surface area (Å²) >= 11 is 6.37. The van der Waals surface area contributed by atoms with Crippen LogP contribution in [-0.2, 0) is 6.54 Å². The van der Waals surface area contributed by atoms with Crippen LogP contribution in [-0.4, -0.2) is 11.6 Å². The molecule has 0 saturated carbocycles. The van der Waals surface area contributed by atoms with E-state index < -0.39 is 0 Å². The van der Waals surface area contributed by atoms with Crippen LogP contribution in [0.5, 0.6) is 0 Å². The maximum Gasteiger partial charge on any atom is 0.0643 e. The van der Waals surface area contributed by atoms with Gasteiger partial charge in [0.2, 0.25) is 0 Å². The van der Waals surface area contributed by atoms with Gasteiger partial charge in [-0.15, -0.1) is 11.6 Å². The highest BCUT2D eigenvalue weighted by Crippen LogP contribution is 2.33. The molecule has 0 atom stereocenters. The highest BCUT2D eigenvalue weighted by molar-refractivity contribution is 6.21. The predicted molar refractivity (Wildman–Crippen MR) is 96.9 cm³/mol. The second kappa shape index (κ2) is 8.14. The fourth-order valence-corrected chi connectivity index (χ4v) is 3.26. The van der Waals surface area contributed by atoms with Gasteiger partial charge in [-0.2, -0.15) is 0 Å². The molecule has 0 aliphatic rings. The largest absolute Gasteiger partial charge is 0.284 e. The van der Waals surface area contributed by atoms with Gasteiger partial charge in [-0.1, -0.05) is 74.5 Å². The molecule has 2 heteroatoms. The third-order valence-electron chi connectivity index (χ3n) is 4.42. The fourth-order valence-electron chi connectivity index (χ4n) is 2.75. The van der Waals surface area contributed by atoms with Gasteiger partial charge in [0, 0.05) is 17.0 Å². The summed E-state index contributed by atoms with van der Waals surface area (Å²) in [6.45, 7) is 5.10. The van der Waals surface area contributed by atoms with Crippen molar-refractivity contribution in [1.82, 2.24) is 0 Å². The molecule has 0 amide bonds. The maximum absolute atomic E-state index is 6.37. The molecule has 0 spiro atoms. The van der Waals surface area contributed by atoms with Gasteiger partial charge in [0.1, 0.15) is 0 Å². The van der Waals surface area contributed by atoms with E-state index in [1.165, 1.54) is 11.1 Å². The Hall–Kier alpha value is -1.60. The number of halogens is 1. The highest BCUT2D eigenvalue weighted by Gasteiger charge is 2.32. The first-order valence-corrected chi connectivity index (χ1v) is 8.49. The second-order valence-corrected chi connectivity index (χ2v) is 5.90. The Kier molecular flexibility index (Phi) is 6.21. The predicted octanol–water partition coefficient (Wildman–Crippen LogP) is 5.72. The Bertz CT molecular complexity index is 577. The van der Waals surface area contributed by atoms with Gasteiger partial charge in [-0.3, -0.25) is 4.99 Å². The third-order valence-corrected chi connectivity index (χ3v) is 4.93. The highest BCUT2D eigenvalue weighted by atomic mass is 35.5. The Balaban J connectivity index is 2.41. The lowest BCUT2D eigenvalue weighted by Crippen LogP contribution is -2.33. The molecule has 22 heavy (non-hydrogen) atoms. The second-order valence-electron chi connectivity index (χ2n) is 5.64. The summed E-state index contributed by atoms with van der Waals surface area (Å²) in [5.74, 6) is 0.600. The minimum absolute atomic E-state index is 0.0578. The molecule has 0 unspecified atom stereocenters. The van der Waals surface area contributed by atoms with Crippen molar-refractivity contribution in [3.05, 3.63) is 71.8 Å². The van der Waals surface area contributed by atoms with E-state index in [1.54, 1.807) is 0 Å². The molecule has 0 N–H and O–H groups in total. The molecule has 0 fully saturated rings. The van der Waals surface area contributed by atoms with E-state index >= 15 is 0 Å². The number of nitrogens with zero attached hydrogens (tertiary/aromatic N) is 1. The van der Waals surface area contributed by atoms with Crippen LogP contribution in [0.25, 0.3) is 0 Å². The molecule has 1 nitrogen and oxygen atoms in total. The zero-order valence-electron chi connectivity index (χ0n) is 13.4. The van der Waals surface area contributed by atoms with Crippen molar-refractivity contribution >= 4 is 17.3 Å². The summed E-state index contributed by atoms with van der Waals surface area (Å²) in [5, 5.41) is 0. The number of aliphatic imine (C=N–C) groups is 1. The molecule has 0 aliphatic heterocycles. The van der Waals surface area contributed by atoms with Crippen molar-refractivity contribution in [2.75, 3.05) is 5.88 Å². The number of alkyl halides is 1. The van der Waals surface area contributed by atoms with Crippen LogP contribution in [0, 0.1) is 5.41 Å². The van der Waals surface area contributed by atoms with Crippen LogP contribution in [0.1, 0.15) is 37.8 Å². The van der Waals surface area contributed by atoms with E-state index in [0.29, 0.717) is 12.4 Å². The smallest absolute Gasteiger partial charge is 0.0643 e. The molecule has 0 aliphatic carbocycles. The summed E-state index contributed by atoms with van der Waals surface area (Å²) in [6.07, 6.45) is 1.99. The monoisotopic (exact) mass is 313 g/mol. The van der Waals surface area contributed by atoms with Crippen LogP contribution in [0.4, 0.5) is 0 Å². The number of benzene rings is 2. The molecule has 116 valence electrons. The summed E-state index contributed by atoms with van der Waals surface area (Å²) in [4.78, 5) is 4.98. The molecule has 0 heterocycles. The van der Waals surface area contributed by atoms with Gasteiger partial charge in [0.05, 0.1) is 6.54 Å². The van der Waals surface area contributed by atoms with Crippen molar-refractivity contribution < 1.29 is 0 Å². The molecule has 0 radical (unpaired) electrons. The van der Waals surface area contributed by atoms with Crippen molar-refractivity contribution in [2.45, 2.75) is 33.2 Å². The van der Waals surface area contributed by atoms with E-state index in [-0.39, 0.29) is 5.41 Å². The van der Waals surface area contributed by atoms with Crippen LogP contribution >= 0.6 is 11.6 Å². The fraction of sp³-hybridized carbons (Fsp3) is 0.350. The number of hydrogen-bond donors (Lipinski definition) is 0. The summed E-state index contributed by atoms with van der Waals surface area (Å²) in [6, 6.07) is 20.8. The summed E-state index contributed by atoms with van der Waals surface area (Å²) < 4.78 is 0. The molecular weight excluding hydrogens is 290 g/mol. The average molecular weight is 314 g/mol. The van der Waals surface area contributed by atoms with E-state index in [1.807, 2.05) is 12.1 Å². The molecule has 0 bridgehead atoms. The lowest BCUT2D eigenvalue weighted by atomic mass is 9.76. The summed E-state index contributed by atoms with van der Waals surface area (Å²) in [7, 11) is 0. The normalized spacial score (nSPS) is 12.4. The number of rotatable bonds is 7. The number of hydrogen-bond acceptors (Lipinski definition) is 1. The Morgan fingerprint density at radius 3 is 1.95 bits per heavy atom. The molecule has 2 rings (SSSR count). The topological polar surface area (TPSA) is 12.4 Å². The van der Waals surface area contributed by atoms with Crippen molar-refractivity contribution in [3.8, 4) is 0 Å². The first-order valence-electron chi connectivity index (χ1n) is 7.96. The Labute approximate surface area is 139 Å².